The average Bonchev–Trinajstić information content (AvgIpc) is 2.37. The van der Waals surface area contributed by atoms with E-state index in [9.17, 15) is 0 Å². The summed E-state index contributed by atoms with van der Waals surface area (Å²) in [5.74, 6) is 0. The van der Waals surface area contributed by atoms with Gasteiger partial charge in [0.25, 0.3) is 0 Å². The van der Waals surface area contributed by atoms with E-state index in [1.807, 2.05) is 0 Å². The van der Waals surface area contributed by atoms with Gasteiger partial charge < -0.3 is 4.48 Å². The second-order valence-electron chi connectivity index (χ2n) is 5.65. The molecule has 0 saturated carbocycles. The van der Waals surface area contributed by atoms with Crippen LogP contribution in [-0.2, 0) is 16.5 Å². The van der Waals surface area contributed by atoms with Crippen molar-refractivity contribution < 1.29 is 21.0 Å². The Morgan fingerprint density at radius 1 is 0.500 bits per heavy atom. The van der Waals surface area contributed by atoms with E-state index in [1.165, 1.54) is 82.0 Å². The number of hydrogen-bond acceptors (Lipinski definition) is 0. The van der Waals surface area contributed by atoms with Gasteiger partial charge >= 0.3 is 0 Å². The molecule has 0 radical (unpaired) electrons. The zero-order valence-corrected chi connectivity index (χ0v) is 14.2. The van der Waals surface area contributed by atoms with E-state index in [0.29, 0.717) is 0 Å². The second kappa shape index (κ2) is 13.9. The molecule has 0 aliphatic rings. The molecule has 0 unspecified atom stereocenters. The zero-order chi connectivity index (χ0) is 13.0. The van der Waals surface area contributed by atoms with E-state index in [-0.39, 0.29) is 16.5 Å². The number of quaternary nitrogens is 1. The zero-order valence-electron chi connectivity index (χ0n) is 13.2. The normalized spacial score (nSPS) is 11.3. The predicted octanol–water partition coefficient (Wildman–Crippen LogP) is 5.00. The van der Waals surface area contributed by atoms with Crippen molar-refractivity contribution in [3.05, 3.63) is 0 Å². The van der Waals surface area contributed by atoms with Crippen LogP contribution in [0.4, 0.5) is 0 Å². The van der Waals surface area contributed by atoms with Crippen LogP contribution in [0.1, 0.15) is 79.1 Å². The van der Waals surface area contributed by atoms with Crippen molar-refractivity contribution in [1.82, 2.24) is 0 Å². The van der Waals surface area contributed by atoms with Crippen LogP contribution in [0.15, 0.2) is 0 Å². The first kappa shape index (κ1) is 20.8. The van der Waals surface area contributed by atoms with Gasteiger partial charge in [-0.2, -0.15) is 0 Å². The van der Waals surface area contributed by atoms with Gasteiger partial charge in [0.2, 0.25) is 0 Å². The summed E-state index contributed by atoms with van der Waals surface area (Å²) in [7, 11) is 0. The van der Waals surface area contributed by atoms with Crippen molar-refractivity contribution >= 4 is 0 Å². The minimum atomic E-state index is 0. The first-order valence-electron chi connectivity index (χ1n) is 8.09. The Bertz CT molecular complexity index is 122. The van der Waals surface area contributed by atoms with Crippen LogP contribution in [-0.4, -0.2) is 30.7 Å². The molecule has 0 aromatic carbocycles. The summed E-state index contributed by atoms with van der Waals surface area (Å²) in [5.41, 5.74) is 0. The molecule has 0 heterocycles. The largest absolute Gasteiger partial charge is 0.324 e. The van der Waals surface area contributed by atoms with E-state index < -0.39 is 0 Å². The summed E-state index contributed by atoms with van der Waals surface area (Å²) in [6, 6.07) is 0. The summed E-state index contributed by atoms with van der Waals surface area (Å²) < 4.78 is 1.42. The fraction of sp³-hybridized carbons (Fsp3) is 1.00. The number of hydrogen-bond donors (Lipinski definition) is 0. The molecule has 0 amide bonds. The van der Waals surface area contributed by atoms with Crippen LogP contribution in [0.5, 0.6) is 0 Å². The molecule has 0 rings (SSSR count). The Morgan fingerprint density at radius 2 is 0.722 bits per heavy atom. The van der Waals surface area contributed by atoms with Gasteiger partial charge in [-0.05, 0) is 25.7 Å². The topological polar surface area (TPSA) is 0 Å². The van der Waals surface area contributed by atoms with Gasteiger partial charge in [-0.1, -0.05) is 53.4 Å². The van der Waals surface area contributed by atoms with Crippen molar-refractivity contribution in [3.8, 4) is 0 Å². The summed E-state index contributed by atoms with van der Waals surface area (Å²) in [4.78, 5) is 0. The van der Waals surface area contributed by atoms with Crippen LogP contribution in [0.2, 0.25) is 0 Å². The Kier molecular flexibility index (Phi) is 16.0. The number of rotatable bonds is 12. The first-order chi connectivity index (χ1) is 8.24. The number of nitrogens with zero attached hydrogens (tertiary/aromatic N) is 1. The summed E-state index contributed by atoms with van der Waals surface area (Å²) >= 11 is 0. The third-order valence-electron chi connectivity index (χ3n) is 3.94. The van der Waals surface area contributed by atoms with Gasteiger partial charge in [0, 0.05) is 16.5 Å². The maximum absolute atomic E-state index is 2.33. The first-order valence-corrected chi connectivity index (χ1v) is 8.09. The molecular formula is C16H36NNi+. The molecule has 0 bridgehead atoms. The van der Waals surface area contributed by atoms with Crippen molar-refractivity contribution in [3.63, 3.8) is 0 Å². The van der Waals surface area contributed by atoms with Crippen LogP contribution in [0.3, 0.4) is 0 Å². The smallest absolute Gasteiger partial charge is 0.0786 e. The Balaban J connectivity index is 0. The van der Waals surface area contributed by atoms with E-state index in [1.54, 1.807) is 0 Å². The molecular weight excluding hydrogens is 265 g/mol. The fourth-order valence-corrected chi connectivity index (χ4v) is 2.64. The molecule has 0 aromatic rings. The SMILES string of the molecule is CCCC[N+](CCCC)(CCCC)CCCC.[Ni]. The molecule has 0 aliphatic carbocycles. The standard InChI is InChI=1S/C16H36N.Ni/c1-5-9-13-17(14-10-6-2,15-11-7-3)16-12-8-4;/h5-16H2,1-4H3;/q+1;. The minimum Gasteiger partial charge on any atom is -0.324 e. The summed E-state index contributed by atoms with van der Waals surface area (Å²) in [6.45, 7) is 15.0. The number of unbranched alkanes of at least 4 members (excludes halogenated alkanes) is 4. The molecule has 0 fully saturated rings. The van der Waals surface area contributed by atoms with Crippen LogP contribution in [0.25, 0.3) is 0 Å². The molecule has 2 heteroatoms. The second-order valence-corrected chi connectivity index (χ2v) is 5.65. The Labute approximate surface area is 126 Å². The van der Waals surface area contributed by atoms with Gasteiger partial charge in [0.1, 0.15) is 0 Å². The van der Waals surface area contributed by atoms with Crippen LogP contribution in [0, 0.1) is 0 Å². The maximum atomic E-state index is 2.33. The van der Waals surface area contributed by atoms with Crippen LogP contribution < -0.4 is 0 Å². The minimum absolute atomic E-state index is 0. The van der Waals surface area contributed by atoms with Gasteiger partial charge in [-0.25, -0.2) is 0 Å². The van der Waals surface area contributed by atoms with E-state index >= 15 is 0 Å². The van der Waals surface area contributed by atoms with Gasteiger partial charge in [0.15, 0.2) is 0 Å². The van der Waals surface area contributed by atoms with Crippen molar-refractivity contribution in [2.75, 3.05) is 26.2 Å². The van der Waals surface area contributed by atoms with Crippen molar-refractivity contribution in [2.24, 2.45) is 0 Å². The fourth-order valence-electron chi connectivity index (χ4n) is 2.64. The van der Waals surface area contributed by atoms with Crippen LogP contribution >= 0.6 is 0 Å². The maximum Gasteiger partial charge on any atom is 0.0786 e. The molecule has 0 aromatic heterocycles. The van der Waals surface area contributed by atoms with E-state index in [0.717, 1.165) is 0 Å². The quantitative estimate of drug-likeness (QED) is 0.351. The molecule has 0 aliphatic heterocycles. The third kappa shape index (κ3) is 9.39. The molecule has 0 saturated heterocycles. The third-order valence-corrected chi connectivity index (χ3v) is 3.94. The van der Waals surface area contributed by atoms with Gasteiger partial charge in [-0.15, -0.1) is 0 Å². The predicted molar refractivity (Wildman–Crippen MR) is 79.4 cm³/mol. The summed E-state index contributed by atoms with van der Waals surface area (Å²) in [6.07, 6.45) is 11.1. The van der Waals surface area contributed by atoms with E-state index in [2.05, 4.69) is 27.7 Å². The Hall–Kier alpha value is 0.454. The van der Waals surface area contributed by atoms with Gasteiger partial charge in [-0.3, -0.25) is 0 Å². The Morgan fingerprint density at radius 3 is 0.889 bits per heavy atom. The van der Waals surface area contributed by atoms with E-state index in [4.69, 9.17) is 0 Å². The molecule has 0 atom stereocenters. The van der Waals surface area contributed by atoms with Gasteiger partial charge in [0.05, 0.1) is 26.2 Å². The molecule has 0 N–H and O–H groups in total. The monoisotopic (exact) mass is 300 g/mol. The molecule has 0 spiro atoms. The van der Waals surface area contributed by atoms with Crippen molar-refractivity contribution in [2.45, 2.75) is 79.1 Å². The average molecular weight is 301 g/mol. The van der Waals surface area contributed by atoms with Crippen molar-refractivity contribution in [1.29, 1.82) is 0 Å². The molecule has 18 heavy (non-hydrogen) atoms. The summed E-state index contributed by atoms with van der Waals surface area (Å²) in [5, 5.41) is 0. The molecule has 1 nitrogen and oxygen atoms in total. The molecule has 114 valence electrons.